The van der Waals surface area contributed by atoms with E-state index in [9.17, 15) is 4.79 Å². The van der Waals surface area contributed by atoms with Crippen LogP contribution in [0.3, 0.4) is 0 Å². The van der Waals surface area contributed by atoms with Crippen molar-refractivity contribution in [2.45, 2.75) is 13.1 Å². The van der Waals surface area contributed by atoms with Crippen molar-refractivity contribution < 1.29 is 4.79 Å². The Morgan fingerprint density at radius 2 is 1.97 bits per heavy atom. The zero-order valence-electron chi connectivity index (χ0n) is 19.1. The number of hydrogen-bond acceptors (Lipinski definition) is 9. The number of carbonyl (C=O) groups is 1. The van der Waals surface area contributed by atoms with Crippen molar-refractivity contribution in [2.24, 2.45) is 12.1 Å². The lowest BCUT2D eigenvalue weighted by Gasteiger charge is -2.14. The summed E-state index contributed by atoms with van der Waals surface area (Å²) in [7, 11) is 1.89. The van der Waals surface area contributed by atoms with Crippen molar-refractivity contribution in [3.8, 4) is 11.5 Å². The van der Waals surface area contributed by atoms with Crippen LogP contribution < -0.4 is 21.2 Å². The van der Waals surface area contributed by atoms with E-state index in [0.717, 1.165) is 22.8 Å². The van der Waals surface area contributed by atoms with Crippen LogP contribution >= 0.6 is 0 Å². The molecule has 11 nitrogen and oxygen atoms in total. The van der Waals surface area contributed by atoms with Crippen LogP contribution in [0.4, 0.5) is 11.4 Å². The fourth-order valence-electron chi connectivity index (χ4n) is 3.60. The lowest BCUT2D eigenvalue weighted by molar-refractivity contribution is 0.0951. The van der Waals surface area contributed by atoms with Crippen LogP contribution in [0.5, 0.6) is 0 Å². The Balaban J connectivity index is 1.17. The third-order valence-corrected chi connectivity index (χ3v) is 5.51. The molecule has 0 atom stereocenters. The maximum Gasteiger partial charge on any atom is 0.251 e. The van der Waals surface area contributed by atoms with Gasteiger partial charge in [0, 0.05) is 37.3 Å². The first kappa shape index (κ1) is 22.2. The molecule has 0 saturated carbocycles. The van der Waals surface area contributed by atoms with E-state index >= 15 is 0 Å². The predicted octanol–water partition coefficient (Wildman–Crippen LogP) is 2.12. The summed E-state index contributed by atoms with van der Waals surface area (Å²) in [4.78, 5) is 20.9. The number of aromatic nitrogens is 5. The van der Waals surface area contributed by atoms with Crippen LogP contribution in [-0.2, 0) is 20.1 Å². The lowest BCUT2D eigenvalue weighted by Crippen LogP contribution is -2.28. The lowest BCUT2D eigenvalue weighted by atomic mass is 10.1. The molecule has 35 heavy (non-hydrogen) atoms. The van der Waals surface area contributed by atoms with E-state index in [4.69, 9.17) is 0 Å². The van der Waals surface area contributed by atoms with E-state index < -0.39 is 0 Å². The zero-order chi connectivity index (χ0) is 24.0. The first-order valence-electron chi connectivity index (χ1n) is 11.1. The maximum absolute atomic E-state index is 12.7. The van der Waals surface area contributed by atoms with Crippen LogP contribution in [0.25, 0.3) is 11.5 Å². The van der Waals surface area contributed by atoms with Crippen LogP contribution in [0.15, 0.2) is 72.2 Å². The molecule has 176 valence electrons. The molecule has 1 amide bonds. The molecule has 1 aliphatic heterocycles. The molecule has 3 heterocycles. The highest BCUT2D eigenvalue weighted by atomic mass is 16.1. The van der Waals surface area contributed by atoms with Gasteiger partial charge in [-0.3, -0.25) is 4.79 Å². The van der Waals surface area contributed by atoms with Gasteiger partial charge in [0.1, 0.15) is 12.0 Å². The smallest absolute Gasteiger partial charge is 0.251 e. The van der Waals surface area contributed by atoms with Gasteiger partial charge in [-0.05, 0) is 42.0 Å². The number of nitrogens with one attached hydrogen (secondary N) is 3. The average Bonchev–Trinajstić information content (AvgIpc) is 3.57. The summed E-state index contributed by atoms with van der Waals surface area (Å²) in [6.45, 7) is 1.59. The van der Waals surface area contributed by atoms with Crippen molar-refractivity contribution in [1.82, 2.24) is 35.5 Å². The predicted molar refractivity (Wildman–Crippen MR) is 132 cm³/mol. The van der Waals surface area contributed by atoms with Gasteiger partial charge in [0.15, 0.2) is 11.6 Å². The van der Waals surface area contributed by atoms with Crippen LogP contribution in [0.1, 0.15) is 21.7 Å². The van der Waals surface area contributed by atoms with E-state index in [2.05, 4.69) is 41.3 Å². The fraction of sp³-hybridized carbons (Fsp3) is 0.167. The Hall–Kier alpha value is -4.64. The third-order valence-electron chi connectivity index (χ3n) is 5.51. The van der Waals surface area contributed by atoms with Gasteiger partial charge in [-0.15, -0.1) is 10.2 Å². The second kappa shape index (κ2) is 10.1. The summed E-state index contributed by atoms with van der Waals surface area (Å²) in [6.07, 6.45) is 4.96. The molecule has 0 spiro atoms. The zero-order valence-corrected chi connectivity index (χ0v) is 19.1. The van der Waals surface area contributed by atoms with Crippen molar-refractivity contribution in [1.29, 1.82) is 0 Å². The number of anilines is 2. The second-order valence-electron chi connectivity index (χ2n) is 7.85. The summed E-state index contributed by atoms with van der Waals surface area (Å²) in [6, 6.07) is 17.0. The van der Waals surface area contributed by atoms with Gasteiger partial charge in [-0.1, -0.05) is 18.2 Å². The summed E-state index contributed by atoms with van der Waals surface area (Å²) in [5, 5.41) is 20.7. The molecule has 2 aromatic heterocycles. The maximum atomic E-state index is 12.7. The largest absolute Gasteiger partial charge is 0.378 e. The molecule has 0 radical (unpaired) electrons. The van der Waals surface area contributed by atoms with Crippen molar-refractivity contribution in [3.63, 3.8) is 0 Å². The molecule has 0 bridgehead atoms. The Morgan fingerprint density at radius 3 is 2.74 bits per heavy atom. The van der Waals surface area contributed by atoms with Crippen molar-refractivity contribution in [3.05, 3.63) is 84.1 Å². The first-order chi connectivity index (χ1) is 17.2. The topological polar surface area (TPSA) is 125 Å². The number of hydrazine groups is 1. The first-order valence-corrected chi connectivity index (χ1v) is 11.1. The molecule has 0 aliphatic carbocycles. The van der Waals surface area contributed by atoms with E-state index in [1.54, 1.807) is 23.4 Å². The summed E-state index contributed by atoms with van der Waals surface area (Å²) in [5.74, 6) is 1.26. The van der Waals surface area contributed by atoms with Crippen LogP contribution in [-0.4, -0.2) is 43.4 Å². The molecule has 0 unspecified atom stereocenters. The molecular formula is C24H24N10O. The Labute approximate surface area is 201 Å². The van der Waals surface area contributed by atoms with E-state index in [1.165, 1.54) is 6.33 Å². The van der Waals surface area contributed by atoms with Crippen molar-refractivity contribution in [2.75, 3.05) is 17.0 Å². The Morgan fingerprint density at radius 1 is 1.09 bits per heavy atom. The average molecular weight is 469 g/mol. The molecule has 4 aromatic rings. The van der Waals surface area contributed by atoms with E-state index in [0.29, 0.717) is 36.7 Å². The molecule has 3 N–H and O–H groups in total. The fourth-order valence-corrected chi connectivity index (χ4v) is 3.60. The Kier molecular flexibility index (Phi) is 6.39. The quantitative estimate of drug-likeness (QED) is 0.359. The summed E-state index contributed by atoms with van der Waals surface area (Å²) in [5.41, 5.74) is 7.16. The number of nitrogens with zero attached hydrogens (tertiary/aromatic N) is 7. The number of hydrazone groups is 1. The SMILES string of the molecule is Cn1c(CNc2cccc(C(=O)NCc3ccc(N4N=CCN4)cc3)c2)nnc1-c1ccncn1. The molecule has 5 rings (SSSR count). The van der Waals surface area contributed by atoms with Crippen molar-refractivity contribution >= 4 is 23.5 Å². The monoisotopic (exact) mass is 468 g/mol. The number of amides is 1. The minimum atomic E-state index is -0.145. The third kappa shape index (κ3) is 5.14. The molecule has 11 heteroatoms. The van der Waals surface area contributed by atoms with Gasteiger partial charge in [0.05, 0.1) is 18.8 Å². The highest BCUT2D eigenvalue weighted by Crippen LogP contribution is 2.17. The molecule has 0 fully saturated rings. The number of benzene rings is 2. The van der Waals surface area contributed by atoms with Gasteiger partial charge in [0.25, 0.3) is 5.91 Å². The highest BCUT2D eigenvalue weighted by molar-refractivity contribution is 5.95. The van der Waals surface area contributed by atoms with Gasteiger partial charge >= 0.3 is 0 Å². The highest BCUT2D eigenvalue weighted by Gasteiger charge is 2.12. The molecule has 0 saturated heterocycles. The van der Waals surface area contributed by atoms with Gasteiger partial charge in [0.2, 0.25) is 0 Å². The summed E-state index contributed by atoms with van der Waals surface area (Å²) < 4.78 is 1.88. The van der Waals surface area contributed by atoms with Gasteiger partial charge < -0.3 is 15.2 Å². The van der Waals surface area contributed by atoms with Crippen LogP contribution in [0, 0.1) is 0 Å². The molecule has 2 aromatic carbocycles. The standard InChI is InChI=1S/C24H24N10O/c1-33-22(31-32-23(33)21-9-10-25-16-28-21)15-26-19-4-2-3-18(13-19)24(35)27-14-17-5-7-20(8-6-17)34-29-11-12-30-34/h2-11,13,16,26,30H,12,14-15H2,1H3,(H,27,35). The van der Waals surface area contributed by atoms with Crippen LogP contribution in [0.2, 0.25) is 0 Å². The van der Waals surface area contributed by atoms with Gasteiger partial charge in [-0.2, -0.15) is 10.2 Å². The number of hydrogen-bond donors (Lipinski definition) is 3. The van der Waals surface area contributed by atoms with E-state index in [-0.39, 0.29) is 5.91 Å². The minimum Gasteiger partial charge on any atom is -0.378 e. The summed E-state index contributed by atoms with van der Waals surface area (Å²) >= 11 is 0. The normalized spacial score (nSPS) is 12.7. The van der Waals surface area contributed by atoms with E-state index in [1.807, 2.05) is 60.3 Å². The molecular weight excluding hydrogens is 444 g/mol. The Bertz CT molecular complexity index is 1330. The second-order valence-corrected chi connectivity index (χ2v) is 7.85. The number of carbonyl (C=O) groups excluding carboxylic acids is 1. The number of rotatable bonds is 8. The molecule has 1 aliphatic rings. The minimum absolute atomic E-state index is 0.145. The van der Waals surface area contributed by atoms with Gasteiger partial charge in [-0.25, -0.2) is 15.4 Å².